The van der Waals surface area contributed by atoms with Gasteiger partial charge in [-0.3, -0.25) is 0 Å². The van der Waals surface area contributed by atoms with Crippen LogP contribution in [-0.4, -0.2) is 18.3 Å². The highest BCUT2D eigenvalue weighted by Gasteiger charge is 1.99. The van der Waals surface area contributed by atoms with E-state index in [0.717, 1.165) is 5.39 Å². The van der Waals surface area contributed by atoms with E-state index in [0.29, 0.717) is 24.4 Å². The Morgan fingerprint density at radius 2 is 2.12 bits per heavy atom. The van der Waals surface area contributed by atoms with Crippen LogP contribution in [-0.2, 0) is 0 Å². The molecule has 0 amide bonds. The van der Waals surface area contributed by atoms with Gasteiger partial charge in [0.1, 0.15) is 11.3 Å². The fourth-order valence-electron chi connectivity index (χ4n) is 1.39. The third-order valence-electron chi connectivity index (χ3n) is 2.16. The summed E-state index contributed by atoms with van der Waals surface area (Å²) in [5, 5.41) is 9.44. The Balaban J connectivity index is 2.23. The molecule has 0 aliphatic rings. The predicted octanol–water partition coefficient (Wildman–Crippen LogP) is 1.55. The van der Waals surface area contributed by atoms with Gasteiger partial charge in [-0.1, -0.05) is 0 Å². The first-order valence-electron chi connectivity index (χ1n) is 5.07. The Hall–Kier alpha value is -1.81. The molecule has 1 N–H and O–H groups in total. The zero-order chi connectivity index (χ0) is 11.4. The molecule has 2 aromatic rings. The van der Waals surface area contributed by atoms with Crippen LogP contribution in [0.25, 0.3) is 11.0 Å². The van der Waals surface area contributed by atoms with E-state index in [4.69, 9.17) is 14.3 Å². The van der Waals surface area contributed by atoms with E-state index in [2.05, 4.69) is 0 Å². The summed E-state index contributed by atoms with van der Waals surface area (Å²) in [6, 6.07) is 8.31. The lowest BCUT2D eigenvalue weighted by molar-refractivity contribution is 0.233. The molecule has 0 fully saturated rings. The van der Waals surface area contributed by atoms with Gasteiger partial charge in [0.25, 0.3) is 0 Å². The molecule has 0 radical (unpaired) electrons. The minimum atomic E-state index is -0.360. The number of hydrogen-bond donors (Lipinski definition) is 1. The highest BCUT2D eigenvalue weighted by atomic mass is 16.5. The molecule has 0 unspecified atom stereocenters. The Morgan fingerprint density at radius 3 is 2.94 bits per heavy atom. The molecule has 4 heteroatoms. The third-order valence-corrected chi connectivity index (χ3v) is 2.16. The highest BCUT2D eigenvalue weighted by molar-refractivity contribution is 5.77. The number of rotatable bonds is 4. The SMILES string of the molecule is O=c1ccc2cc(OCCCO)ccc2o1. The Labute approximate surface area is 92.1 Å². The van der Waals surface area contributed by atoms with E-state index in [1.807, 2.05) is 0 Å². The topological polar surface area (TPSA) is 59.7 Å². The van der Waals surface area contributed by atoms with E-state index in [1.165, 1.54) is 6.07 Å². The number of aliphatic hydroxyl groups excluding tert-OH is 1. The van der Waals surface area contributed by atoms with Crippen molar-refractivity contribution < 1.29 is 14.3 Å². The van der Waals surface area contributed by atoms with Gasteiger partial charge in [-0.15, -0.1) is 0 Å². The Morgan fingerprint density at radius 1 is 1.25 bits per heavy atom. The van der Waals surface area contributed by atoms with Crippen molar-refractivity contribution in [3.05, 3.63) is 40.8 Å². The van der Waals surface area contributed by atoms with Gasteiger partial charge < -0.3 is 14.3 Å². The van der Waals surface area contributed by atoms with Crippen molar-refractivity contribution in [1.82, 2.24) is 0 Å². The molecule has 0 aliphatic heterocycles. The molecule has 1 heterocycles. The molecule has 0 saturated heterocycles. The molecule has 84 valence electrons. The van der Waals surface area contributed by atoms with Crippen molar-refractivity contribution in [1.29, 1.82) is 0 Å². The van der Waals surface area contributed by atoms with E-state index in [-0.39, 0.29) is 12.2 Å². The van der Waals surface area contributed by atoms with Gasteiger partial charge in [0.15, 0.2) is 0 Å². The molecule has 0 bridgehead atoms. The van der Waals surface area contributed by atoms with Crippen molar-refractivity contribution in [3.63, 3.8) is 0 Å². The van der Waals surface area contributed by atoms with E-state index < -0.39 is 0 Å². The zero-order valence-electron chi connectivity index (χ0n) is 8.68. The van der Waals surface area contributed by atoms with Crippen LogP contribution in [0, 0.1) is 0 Å². The summed E-state index contributed by atoms with van der Waals surface area (Å²) >= 11 is 0. The van der Waals surface area contributed by atoms with E-state index in [1.54, 1.807) is 24.3 Å². The van der Waals surface area contributed by atoms with Crippen LogP contribution in [0.2, 0.25) is 0 Å². The van der Waals surface area contributed by atoms with Gasteiger partial charge in [0.2, 0.25) is 0 Å². The summed E-state index contributed by atoms with van der Waals surface area (Å²) in [6.07, 6.45) is 0.599. The quantitative estimate of drug-likeness (QED) is 0.627. The van der Waals surface area contributed by atoms with Crippen molar-refractivity contribution in [3.8, 4) is 5.75 Å². The van der Waals surface area contributed by atoms with Crippen molar-refractivity contribution >= 4 is 11.0 Å². The van der Waals surface area contributed by atoms with Crippen LogP contribution in [0.4, 0.5) is 0 Å². The average molecular weight is 220 g/mol. The lowest BCUT2D eigenvalue weighted by atomic mass is 10.2. The summed E-state index contributed by atoms with van der Waals surface area (Å²) < 4.78 is 10.4. The number of hydrogen-bond acceptors (Lipinski definition) is 4. The molecule has 1 aromatic carbocycles. The van der Waals surface area contributed by atoms with Crippen LogP contribution in [0.15, 0.2) is 39.5 Å². The molecule has 0 spiro atoms. The van der Waals surface area contributed by atoms with Crippen LogP contribution in [0.1, 0.15) is 6.42 Å². The summed E-state index contributed by atoms with van der Waals surface area (Å²) in [7, 11) is 0. The Kier molecular flexibility index (Phi) is 3.22. The van der Waals surface area contributed by atoms with Crippen LogP contribution in [0.3, 0.4) is 0 Å². The standard InChI is InChI=1S/C12H12O4/c13-6-1-7-15-10-3-4-11-9(8-10)2-5-12(14)16-11/h2-5,8,13H,1,6-7H2. The molecular weight excluding hydrogens is 208 g/mol. The summed E-state index contributed by atoms with van der Waals surface area (Å²) in [4.78, 5) is 11.0. The van der Waals surface area contributed by atoms with Gasteiger partial charge in [-0.2, -0.15) is 0 Å². The van der Waals surface area contributed by atoms with Crippen LogP contribution in [0.5, 0.6) is 5.75 Å². The zero-order valence-corrected chi connectivity index (χ0v) is 8.68. The fourth-order valence-corrected chi connectivity index (χ4v) is 1.39. The first-order chi connectivity index (χ1) is 7.79. The molecule has 0 atom stereocenters. The summed E-state index contributed by atoms with van der Waals surface area (Å²) in [5.74, 6) is 0.704. The summed E-state index contributed by atoms with van der Waals surface area (Å²) in [6.45, 7) is 0.585. The molecule has 0 saturated carbocycles. The van der Waals surface area contributed by atoms with Crippen molar-refractivity contribution in [2.24, 2.45) is 0 Å². The normalized spacial score (nSPS) is 10.6. The first kappa shape index (κ1) is 10.7. The maximum atomic E-state index is 11.0. The maximum absolute atomic E-state index is 11.0. The number of benzene rings is 1. The fraction of sp³-hybridized carbons (Fsp3) is 0.250. The second-order valence-electron chi connectivity index (χ2n) is 3.38. The Bertz CT molecular complexity index is 530. The van der Waals surface area contributed by atoms with Crippen molar-refractivity contribution in [2.75, 3.05) is 13.2 Å². The molecular formula is C12H12O4. The van der Waals surface area contributed by atoms with Gasteiger partial charge in [0.05, 0.1) is 6.61 Å². The molecule has 16 heavy (non-hydrogen) atoms. The molecule has 4 nitrogen and oxygen atoms in total. The first-order valence-corrected chi connectivity index (χ1v) is 5.07. The van der Waals surface area contributed by atoms with Crippen LogP contribution < -0.4 is 10.4 Å². The highest BCUT2D eigenvalue weighted by Crippen LogP contribution is 2.19. The number of aliphatic hydroxyl groups is 1. The molecule has 0 aliphatic carbocycles. The third kappa shape index (κ3) is 2.41. The molecule has 2 rings (SSSR count). The number of ether oxygens (including phenoxy) is 1. The van der Waals surface area contributed by atoms with Crippen molar-refractivity contribution in [2.45, 2.75) is 6.42 Å². The smallest absolute Gasteiger partial charge is 0.336 e. The van der Waals surface area contributed by atoms with Gasteiger partial charge in [-0.05, 0) is 24.3 Å². The lowest BCUT2D eigenvalue weighted by Crippen LogP contribution is -2.00. The maximum Gasteiger partial charge on any atom is 0.336 e. The van der Waals surface area contributed by atoms with E-state index >= 15 is 0 Å². The van der Waals surface area contributed by atoms with Gasteiger partial charge >= 0.3 is 5.63 Å². The van der Waals surface area contributed by atoms with Gasteiger partial charge in [0, 0.05) is 24.5 Å². The van der Waals surface area contributed by atoms with Gasteiger partial charge in [-0.25, -0.2) is 4.79 Å². The monoisotopic (exact) mass is 220 g/mol. The van der Waals surface area contributed by atoms with E-state index in [9.17, 15) is 4.79 Å². The molecule has 1 aromatic heterocycles. The average Bonchev–Trinajstić information content (AvgIpc) is 2.29. The van der Waals surface area contributed by atoms with Crippen LogP contribution >= 0.6 is 0 Å². The largest absolute Gasteiger partial charge is 0.493 e. The second kappa shape index (κ2) is 4.81. The lowest BCUT2D eigenvalue weighted by Gasteiger charge is -2.05. The minimum absolute atomic E-state index is 0.114. The predicted molar refractivity (Wildman–Crippen MR) is 59.7 cm³/mol. The number of fused-ring (bicyclic) bond motifs is 1. The summed E-state index contributed by atoms with van der Waals surface area (Å²) in [5.41, 5.74) is 0.184. The second-order valence-corrected chi connectivity index (χ2v) is 3.38. The minimum Gasteiger partial charge on any atom is -0.493 e.